The van der Waals surface area contributed by atoms with Crippen molar-refractivity contribution in [3.05, 3.63) is 0 Å². The minimum Gasteiger partial charge on any atom is -0.367 e. The number of aliphatic hydroxyl groups is 2. The number of hydrogen-bond acceptors (Lipinski definition) is 3. The highest BCUT2D eigenvalue weighted by molar-refractivity contribution is 4.86. The highest BCUT2D eigenvalue weighted by atomic mass is 16.5. The largest absolute Gasteiger partial charge is 0.367 e. The van der Waals surface area contributed by atoms with Crippen LogP contribution < -0.4 is 5.73 Å². The van der Waals surface area contributed by atoms with Crippen molar-refractivity contribution in [2.75, 3.05) is 0 Å². The van der Waals surface area contributed by atoms with Gasteiger partial charge in [-0.1, -0.05) is 129 Å². The van der Waals surface area contributed by atoms with Crippen LogP contribution in [0, 0.1) is 0 Å². The van der Waals surface area contributed by atoms with Gasteiger partial charge in [0.15, 0.2) is 6.29 Å². The molecular weight excluding hydrogens is 334 g/mol. The van der Waals surface area contributed by atoms with Crippen molar-refractivity contribution in [1.29, 1.82) is 0 Å². The zero-order valence-corrected chi connectivity index (χ0v) is 18.7. The number of rotatable bonds is 21. The van der Waals surface area contributed by atoms with E-state index in [9.17, 15) is 10.2 Å². The summed E-state index contributed by atoms with van der Waals surface area (Å²) in [5.41, 5.74) is 5.53. The number of aliphatic hydroxyl groups excluding tert-OH is 1. The molecule has 0 aliphatic heterocycles. The van der Waals surface area contributed by atoms with E-state index in [-0.39, 0.29) is 0 Å². The fourth-order valence-corrected chi connectivity index (χ4v) is 3.91. The van der Waals surface area contributed by atoms with Crippen molar-refractivity contribution in [3.8, 4) is 0 Å². The molecule has 0 aromatic rings. The van der Waals surface area contributed by atoms with E-state index >= 15 is 0 Å². The van der Waals surface area contributed by atoms with Crippen LogP contribution >= 0.6 is 0 Å². The molecule has 0 aromatic heterocycles. The molecule has 0 unspecified atom stereocenters. The van der Waals surface area contributed by atoms with Crippen LogP contribution in [0.25, 0.3) is 0 Å². The van der Waals surface area contributed by atoms with Crippen LogP contribution in [-0.2, 0) is 0 Å². The molecule has 164 valence electrons. The summed E-state index contributed by atoms with van der Waals surface area (Å²) in [4.78, 5) is 0. The third kappa shape index (κ3) is 16.5. The van der Waals surface area contributed by atoms with Crippen molar-refractivity contribution in [1.82, 2.24) is 0 Å². The van der Waals surface area contributed by atoms with E-state index in [1.807, 2.05) is 0 Å². The van der Waals surface area contributed by atoms with Crippen LogP contribution in [0.1, 0.15) is 142 Å². The van der Waals surface area contributed by atoms with Gasteiger partial charge in [0, 0.05) is 0 Å². The quantitative estimate of drug-likeness (QED) is 0.150. The zero-order valence-electron chi connectivity index (χ0n) is 18.7. The number of unbranched alkanes of at least 4 members (excludes halogenated alkanes) is 16. The lowest BCUT2D eigenvalue weighted by Gasteiger charge is -2.31. The van der Waals surface area contributed by atoms with E-state index in [0.717, 1.165) is 38.5 Å². The molecule has 0 bridgehead atoms. The summed E-state index contributed by atoms with van der Waals surface area (Å²) in [6, 6.07) is 0. The van der Waals surface area contributed by atoms with Gasteiger partial charge in [0.2, 0.25) is 0 Å². The molecule has 0 amide bonds. The van der Waals surface area contributed by atoms with Crippen LogP contribution in [0.5, 0.6) is 0 Å². The minimum absolute atomic E-state index is 0.734. The lowest BCUT2D eigenvalue weighted by molar-refractivity contribution is -0.102. The summed E-state index contributed by atoms with van der Waals surface area (Å²) in [5.74, 6) is 0. The van der Waals surface area contributed by atoms with Gasteiger partial charge in [0.1, 0.15) is 0 Å². The maximum absolute atomic E-state index is 9.75. The summed E-state index contributed by atoms with van der Waals surface area (Å²) >= 11 is 0. The van der Waals surface area contributed by atoms with E-state index in [0.29, 0.717) is 0 Å². The molecule has 0 aliphatic rings. The standard InChI is InChI=1S/C24H51NO2/c1-3-5-7-9-11-13-15-17-19-21-24(25,23(26)27)22-20-18-16-14-12-10-8-6-4-2/h23,26-27H,3-22,25H2,1-2H3. The fourth-order valence-electron chi connectivity index (χ4n) is 3.91. The van der Waals surface area contributed by atoms with Crippen LogP contribution in [0.4, 0.5) is 0 Å². The normalized spacial score (nSPS) is 12.2. The Morgan fingerprint density at radius 3 is 1.04 bits per heavy atom. The molecule has 0 aliphatic carbocycles. The summed E-state index contributed by atoms with van der Waals surface area (Å²) in [7, 11) is 0. The van der Waals surface area contributed by atoms with Crippen molar-refractivity contribution in [2.45, 2.75) is 154 Å². The lowest BCUT2D eigenvalue weighted by atomic mass is 9.86. The molecule has 0 fully saturated rings. The highest BCUT2D eigenvalue weighted by Gasteiger charge is 2.31. The molecule has 0 saturated heterocycles. The monoisotopic (exact) mass is 385 g/mol. The first-order valence-corrected chi connectivity index (χ1v) is 12.2. The van der Waals surface area contributed by atoms with Crippen molar-refractivity contribution in [3.63, 3.8) is 0 Å². The molecule has 0 aromatic carbocycles. The Morgan fingerprint density at radius 2 is 0.778 bits per heavy atom. The van der Waals surface area contributed by atoms with Gasteiger partial charge in [0.05, 0.1) is 5.54 Å². The summed E-state index contributed by atoms with van der Waals surface area (Å²) in [6.45, 7) is 4.51. The molecule has 0 rings (SSSR count). The molecule has 3 heteroatoms. The van der Waals surface area contributed by atoms with Crippen molar-refractivity contribution < 1.29 is 10.2 Å². The molecular formula is C24H51NO2. The van der Waals surface area contributed by atoms with Gasteiger partial charge < -0.3 is 15.9 Å². The van der Waals surface area contributed by atoms with Crippen molar-refractivity contribution >= 4 is 0 Å². The first-order valence-electron chi connectivity index (χ1n) is 12.2. The average molecular weight is 386 g/mol. The number of nitrogens with two attached hydrogens (primary N) is 1. The molecule has 0 spiro atoms. The number of hydrogen-bond donors (Lipinski definition) is 3. The van der Waals surface area contributed by atoms with Gasteiger partial charge in [-0.15, -0.1) is 0 Å². The highest BCUT2D eigenvalue weighted by Crippen LogP contribution is 2.24. The van der Waals surface area contributed by atoms with E-state index in [2.05, 4.69) is 13.8 Å². The Balaban J connectivity index is 3.67. The molecule has 3 nitrogen and oxygen atoms in total. The summed E-state index contributed by atoms with van der Waals surface area (Å²) < 4.78 is 0. The predicted octanol–water partition coefficient (Wildman–Crippen LogP) is 6.84. The van der Waals surface area contributed by atoms with Crippen LogP contribution in [-0.4, -0.2) is 22.0 Å². The van der Waals surface area contributed by atoms with E-state index in [4.69, 9.17) is 5.73 Å². The van der Waals surface area contributed by atoms with E-state index < -0.39 is 11.8 Å². The Labute approximate surface area is 170 Å². The molecule has 0 heterocycles. The van der Waals surface area contributed by atoms with E-state index in [1.54, 1.807) is 0 Å². The lowest BCUT2D eigenvalue weighted by Crippen LogP contribution is -2.50. The second-order valence-corrected chi connectivity index (χ2v) is 8.76. The third-order valence-electron chi connectivity index (χ3n) is 6.01. The Kier molecular flexibility index (Phi) is 19.1. The maximum atomic E-state index is 9.75. The second-order valence-electron chi connectivity index (χ2n) is 8.76. The second kappa shape index (κ2) is 19.2. The molecule has 0 radical (unpaired) electrons. The van der Waals surface area contributed by atoms with Crippen LogP contribution in [0.2, 0.25) is 0 Å². The van der Waals surface area contributed by atoms with Crippen LogP contribution in [0.3, 0.4) is 0 Å². The van der Waals surface area contributed by atoms with Gasteiger partial charge in [-0.2, -0.15) is 0 Å². The van der Waals surface area contributed by atoms with Gasteiger partial charge in [-0.25, -0.2) is 0 Å². The van der Waals surface area contributed by atoms with Gasteiger partial charge in [-0.05, 0) is 12.8 Å². The molecule has 0 saturated carbocycles. The Bertz CT molecular complexity index is 272. The Morgan fingerprint density at radius 1 is 0.519 bits per heavy atom. The predicted molar refractivity (Wildman–Crippen MR) is 119 cm³/mol. The molecule has 4 N–H and O–H groups in total. The topological polar surface area (TPSA) is 66.5 Å². The maximum Gasteiger partial charge on any atom is 0.169 e. The first kappa shape index (κ1) is 26.9. The minimum atomic E-state index is -1.39. The first-order chi connectivity index (χ1) is 13.1. The Hall–Kier alpha value is -0.120. The fraction of sp³-hybridized carbons (Fsp3) is 1.00. The van der Waals surface area contributed by atoms with Crippen LogP contribution in [0.15, 0.2) is 0 Å². The zero-order chi connectivity index (χ0) is 20.2. The van der Waals surface area contributed by atoms with Gasteiger partial charge in [-0.3, -0.25) is 0 Å². The third-order valence-corrected chi connectivity index (χ3v) is 6.01. The average Bonchev–Trinajstić information content (AvgIpc) is 2.65. The SMILES string of the molecule is CCCCCCCCCCCC(N)(CCCCCCCCCCC)C(O)O. The van der Waals surface area contributed by atoms with E-state index in [1.165, 1.54) is 89.9 Å². The smallest absolute Gasteiger partial charge is 0.169 e. The van der Waals surface area contributed by atoms with Gasteiger partial charge >= 0.3 is 0 Å². The molecule has 27 heavy (non-hydrogen) atoms. The van der Waals surface area contributed by atoms with Gasteiger partial charge in [0.25, 0.3) is 0 Å². The molecule has 0 atom stereocenters. The summed E-state index contributed by atoms with van der Waals surface area (Å²) in [6.07, 6.45) is 23.1. The summed E-state index contributed by atoms with van der Waals surface area (Å²) in [5, 5.41) is 19.5. The van der Waals surface area contributed by atoms with Crippen molar-refractivity contribution in [2.24, 2.45) is 5.73 Å².